The topological polar surface area (TPSA) is 111 Å². The van der Waals surface area contributed by atoms with E-state index < -0.39 is 21.8 Å². The Morgan fingerprint density at radius 2 is 1.89 bits per heavy atom. The van der Waals surface area contributed by atoms with Crippen LogP contribution in [0.25, 0.3) is 0 Å². The fraction of sp³-hybridized carbons (Fsp3) is 0.526. The zero-order valence-corrected chi connectivity index (χ0v) is 16.4. The van der Waals surface area contributed by atoms with Gasteiger partial charge in [-0.05, 0) is 37.1 Å². The molecule has 2 aliphatic rings. The molecule has 1 saturated heterocycles. The van der Waals surface area contributed by atoms with Crippen LogP contribution in [0.4, 0.5) is 0 Å². The molecule has 2 N–H and O–H groups in total. The molecular weight excluding hydrogens is 380 g/mol. The molecule has 2 heterocycles. The standard InChI is InChI=1S/C19H24N4O4S/c1-2-3-10-19(21-22-19)11-12-20-18(25)15-4-6-17(7-5-15)28(26,27)23-13-8-16(24)9-14-23/h1,4-7,16,24H,3,8-14H2,(H,20,25). The van der Waals surface area contributed by atoms with Crippen molar-refractivity contribution in [3.63, 3.8) is 0 Å². The molecule has 28 heavy (non-hydrogen) atoms. The van der Waals surface area contributed by atoms with E-state index in [0.29, 0.717) is 57.3 Å². The maximum absolute atomic E-state index is 12.7. The normalized spacial score (nSPS) is 19.1. The molecule has 0 bridgehead atoms. The van der Waals surface area contributed by atoms with E-state index >= 15 is 0 Å². The largest absolute Gasteiger partial charge is 0.393 e. The summed E-state index contributed by atoms with van der Waals surface area (Å²) < 4.78 is 26.7. The van der Waals surface area contributed by atoms with Crippen LogP contribution in [0.5, 0.6) is 0 Å². The molecule has 0 aliphatic carbocycles. The summed E-state index contributed by atoms with van der Waals surface area (Å²) in [5, 5.41) is 20.4. The number of hydrogen-bond acceptors (Lipinski definition) is 6. The number of carbonyl (C=O) groups is 1. The van der Waals surface area contributed by atoms with Gasteiger partial charge in [0.25, 0.3) is 5.91 Å². The highest BCUT2D eigenvalue weighted by atomic mass is 32.2. The average Bonchev–Trinajstić information content (AvgIpc) is 3.47. The first kappa shape index (κ1) is 20.5. The van der Waals surface area contributed by atoms with Gasteiger partial charge in [-0.25, -0.2) is 8.42 Å². The lowest BCUT2D eigenvalue weighted by Gasteiger charge is -2.28. The Balaban J connectivity index is 1.53. The van der Waals surface area contributed by atoms with E-state index in [2.05, 4.69) is 21.5 Å². The Kier molecular flexibility index (Phi) is 6.13. The number of sulfonamides is 1. The lowest BCUT2D eigenvalue weighted by atomic mass is 10.0. The van der Waals surface area contributed by atoms with Gasteiger partial charge in [-0.3, -0.25) is 4.79 Å². The van der Waals surface area contributed by atoms with Crippen LogP contribution in [0, 0.1) is 12.3 Å². The van der Waals surface area contributed by atoms with Crippen molar-refractivity contribution in [2.75, 3.05) is 19.6 Å². The quantitative estimate of drug-likeness (QED) is 0.640. The van der Waals surface area contributed by atoms with Gasteiger partial charge in [0.05, 0.1) is 11.0 Å². The van der Waals surface area contributed by atoms with Crippen LogP contribution >= 0.6 is 0 Å². The molecule has 8 nitrogen and oxygen atoms in total. The summed E-state index contributed by atoms with van der Waals surface area (Å²) in [6, 6.07) is 5.88. The fourth-order valence-electron chi connectivity index (χ4n) is 3.16. The van der Waals surface area contributed by atoms with Crippen LogP contribution in [0.3, 0.4) is 0 Å². The van der Waals surface area contributed by atoms with Gasteiger partial charge in [0.2, 0.25) is 10.0 Å². The van der Waals surface area contributed by atoms with Gasteiger partial charge in [0.15, 0.2) is 5.66 Å². The number of terminal acetylenes is 1. The van der Waals surface area contributed by atoms with Gasteiger partial charge >= 0.3 is 0 Å². The number of carbonyl (C=O) groups excluding carboxylic acids is 1. The second-order valence-corrected chi connectivity index (χ2v) is 8.99. The predicted octanol–water partition coefficient (Wildman–Crippen LogP) is 1.53. The van der Waals surface area contributed by atoms with E-state index in [1.54, 1.807) is 0 Å². The minimum Gasteiger partial charge on any atom is -0.393 e. The molecule has 0 unspecified atom stereocenters. The molecule has 0 spiro atoms. The summed E-state index contributed by atoms with van der Waals surface area (Å²) in [7, 11) is -3.62. The van der Waals surface area contributed by atoms with Gasteiger partial charge in [-0.15, -0.1) is 12.3 Å². The van der Waals surface area contributed by atoms with E-state index in [1.807, 2.05) is 0 Å². The van der Waals surface area contributed by atoms with Gasteiger partial charge in [-0.1, -0.05) is 0 Å². The minimum atomic E-state index is -3.62. The highest BCUT2D eigenvalue weighted by molar-refractivity contribution is 7.89. The van der Waals surface area contributed by atoms with Crippen LogP contribution in [-0.4, -0.2) is 55.1 Å². The minimum absolute atomic E-state index is 0.143. The zero-order chi connectivity index (χ0) is 20.2. The maximum atomic E-state index is 12.7. The number of rotatable bonds is 8. The third-order valence-corrected chi connectivity index (χ3v) is 6.95. The summed E-state index contributed by atoms with van der Waals surface area (Å²) in [5.74, 6) is 2.28. The van der Waals surface area contributed by atoms with Crippen molar-refractivity contribution in [3.8, 4) is 12.3 Å². The molecule has 2 aliphatic heterocycles. The molecule has 1 fully saturated rings. The van der Waals surface area contributed by atoms with Crippen molar-refractivity contribution in [1.29, 1.82) is 0 Å². The Morgan fingerprint density at radius 3 is 2.46 bits per heavy atom. The van der Waals surface area contributed by atoms with E-state index in [1.165, 1.54) is 28.6 Å². The van der Waals surface area contributed by atoms with Gasteiger partial charge < -0.3 is 10.4 Å². The molecule has 3 rings (SSSR count). The van der Waals surface area contributed by atoms with Crippen LogP contribution in [0.15, 0.2) is 39.4 Å². The van der Waals surface area contributed by atoms with Crippen molar-refractivity contribution in [2.45, 2.75) is 48.8 Å². The second-order valence-electron chi connectivity index (χ2n) is 7.05. The van der Waals surface area contributed by atoms with Gasteiger partial charge in [0, 0.05) is 44.5 Å². The number of hydrogen-bond donors (Lipinski definition) is 2. The number of nitrogens with one attached hydrogen (secondary N) is 1. The molecule has 0 atom stereocenters. The van der Waals surface area contributed by atoms with Crippen molar-refractivity contribution in [2.24, 2.45) is 10.2 Å². The first-order valence-electron chi connectivity index (χ1n) is 9.30. The van der Waals surface area contributed by atoms with Crippen molar-refractivity contribution < 1.29 is 18.3 Å². The number of piperidine rings is 1. The third kappa shape index (κ3) is 4.76. The van der Waals surface area contributed by atoms with Crippen LogP contribution in [0.2, 0.25) is 0 Å². The molecule has 1 aromatic carbocycles. The third-order valence-electron chi connectivity index (χ3n) is 5.04. The molecule has 0 radical (unpaired) electrons. The number of aliphatic hydroxyl groups excluding tert-OH is 1. The number of nitrogens with zero attached hydrogens (tertiary/aromatic N) is 3. The van der Waals surface area contributed by atoms with Gasteiger partial charge in [0.1, 0.15) is 0 Å². The number of amides is 1. The predicted molar refractivity (Wildman–Crippen MR) is 103 cm³/mol. The molecule has 9 heteroatoms. The van der Waals surface area contributed by atoms with E-state index in [-0.39, 0.29) is 10.8 Å². The highest BCUT2D eigenvalue weighted by Crippen LogP contribution is 2.36. The monoisotopic (exact) mass is 404 g/mol. The molecule has 1 aromatic rings. The number of aliphatic hydroxyl groups is 1. The summed E-state index contributed by atoms with van der Waals surface area (Å²) in [6.45, 7) is 0.999. The smallest absolute Gasteiger partial charge is 0.251 e. The Hall–Kier alpha value is -2.28. The van der Waals surface area contributed by atoms with E-state index in [4.69, 9.17) is 6.42 Å². The highest BCUT2D eigenvalue weighted by Gasteiger charge is 2.38. The van der Waals surface area contributed by atoms with Crippen LogP contribution < -0.4 is 5.32 Å². The average molecular weight is 404 g/mol. The summed E-state index contributed by atoms with van der Waals surface area (Å²) in [5.41, 5.74) is -0.0602. The SMILES string of the molecule is C#CCCC1(CCNC(=O)c2ccc(S(=O)(=O)N3CCC(O)CC3)cc2)N=N1. The number of benzene rings is 1. The summed E-state index contributed by atoms with van der Waals surface area (Å²) in [4.78, 5) is 12.4. The summed E-state index contributed by atoms with van der Waals surface area (Å²) >= 11 is 0. The lowest BCUT2D eigenvalue weighted by molar-refractivity contribution is 0.0951. The second kappa shape index (κ2) is 8.39. The lowest BCUT2D eigenvalue weighted by Crippen LogP contribution is -2.40. The van der Waals surface area contributed by atoms with Crippen LogP contribution in [-0.2, 0) is 10.0 Å². The maximum Gasteiger partial charge on any atom is 0.251 e. The van der Waals surface area contributed by atoms with Crippen LogP contribution in [0.1, 0.15) is 42.5 Å². The Bertz CT molecular complexity index is 876. The van der Waals surface area contributed by atoms with Crippen molar-refractivity contribution in [1.82, 2.24) is 9.62 Å². The van der Waals surface area contributed by atoms with E-state index in [9.17, 15) is 18.3 Å². The van der Waals surface area contributed by atoms with Crippen molar-refractivity contribution in [3.05, 3.63) is 29.8 Å². The molecule has 0 aromatic heterocycles. The molecular formula is C19H24N4O4S. The molecule has 1 amide bonds. The van der Waals surface area contributed by atoms with Gasteiger partial charge in [-0.2, -0.15) is 14.5 Å². The zero-order valence-electron chi connectivity index (χ0n) is 15.5. The first-order valence-corrected chi connectivity index (χ1v) is 10.7. The van der Waals surface area contributed by atoms with Crippen molar-refractivity contribution >= 4 is 15.9 Å². The van der Waals surface area contributed by atoms with E-state index in [0.717, 1.165) is 0 Å². The fourth-order valence-corrected chi connectivity index (χ4v) is 4.63. The molecule has 150 valence electrons. The Morgan fingerprint density at radius 1 is 1.25 bits per heavy atom. The molecule has 0 saturated carbocycles. The first-order chi connectivity index (χ1) is 13.4. The summed E-state index contributed by atoms with van der Waals surface area (Å²) in [6.07, 6.45) is 7.53. The Labute approximate surface area is 165 Å².